The van der Waals surface area contributed by atoms with Crippen LogP contribution in [0.15, 0.2) is 42.5 Å². The van der Waals surface area contributed by atoms with Gasteiger partial charge in [0, 0.05) is 20.2 Å². The summed E-state index contributed by atoms with van der Waals surface area (Å²) in [5.74, 6) is 0. The van der Waals surface area contributed by atoms with Crippen molar-refractivity contribution in [3.8, 4) is 0 Å². The van der Waals surface area contributed by atoms with E-state index in [4.69, 9.17) is 9.47 Å². The van der Waals surface area contributed by atoms with Gasteiger partial charge < -0.3 is 20.1 Å². The Balaban J connectivity index is 2.30. The van der Waals surface area contributed by atoms with Gasteiger partial charge in [-0.25, -0.2) is 4.79 Å². The van der Waals surface area contributed by atoms with Gasteiger partial charge in [-0.1, -0.05) is 42.5 Å². The summed E-state index contributed by atoms with van der Waals surface area (Å²) in [6.45, 7) is 7.26. The van der Waals surface area contributed by atoms with E-state index in [1.807, 2.05) is 51.1 Å². The van der Waals surface area contributed by atoms with Crippen LogP contribution in [0, 0.1) is 0 Å². The topological polar surface area (TPSA) is 59.6 Å². The summed E-state index contributed by atoms with van der Waals surface area (Å²) < 4.78 is 10.4. The molecule has 0 fully saturated rings. The van der Waals surface area contributed by atoms with Crippen molar-refractivity contribution in [3.63, 3.8) is 0 Å². The number of hydrogen-bond acceptors (Lipinski definition) is 4. The first-order chi connectivity index (χ1) is 10.9. The molecular weight excluding hydrogens is 292 g/mol. The van der Waals surface area contributed by atoms with E-state index in [9.17, 15) is 4.79 Å². The van der Waals surface area contributed by atoms with Crippen molar-refractivity contribution in [3.05, 3.63) is 48.0 Å². The highest BCUT2D eigenvalue weighted by atomic mass is 16.6. The summed E-state index contributed by atoms with van der Waals surface area (Å²) in [5.41, 5.74) is 0.716. The van der Waals surface area contributed by atoms with Gasteiger partial charge in [0.1, 0.15) is 5.60 Å². The van der Waals surface area contributed by atoms with Crippen LogP contribution in [0.5, 0.6) is 0 Å². The van der Waals surface area contributed by atoms with Crippen molar-refractivity contribution in [2.75, 3.05) is 26.8 Å². The molecule has 0 spiro atoms. The maximum Gasteiger partial charge on any atom is 0.407 e. The molecule has 0 radical (unpaired) electrons. The maximum absolute atomic E-state index is 11.5. The van der Waals surface area contributed by atoms with Gasteiger partial charge in [-0.05, 0) is 26.3 Å². The Bertz CT molecular complexity index is 481. The number of hydrogen-bond donors (Lipinski definition) is 2. The standard InChI is InChI=1S/C18H28N2O3/c1-18(2,3)23-17(21)20-13-9-8-12-19-16(14-22-4)15-10-6-5-7-11-15/h5-11,16,19H,12-14H2,1-4H3,(H,20,21)/b9-8+. The van der Waals surface area contributed by atoms with Crippen molar-refractivity contribution in [2.45, 2.75) is 32.4 Å². The van der Waals surface area contributed by atoms with Gasteiger partial charge in [0.15, 0.2) is 0 Å². The number of rotatable bonds is 8. The van der Waals surface area contributed by atoms with E-state index >= 15 is 0 Å². The molecule has 1 unspecified atom stereocenters. The molecule has 1 atom stereocenters. The number of nitrogens with one attached hydrogen (secondary N) is 2. The molecule has 1 rings (SSSR count). The zero-order valence-corrected chi connectivity index (χ0v) is 14.5. The SMILES string of the molecule is COCC(NC/C=C/CNC(=O)OC(C)(C)C)c1ccccc1. The molecule has 0 aliphatic heterocycles. The maximum atomic E-state index is 11.5. The van der Waals surface area contributed by atoms with Crippen LogP contribution in [-0.4, -0.2) is 38.5 Å². The van der Waals surface area contributed by atoms with Gasteiger partial charge in [-0.3, -0.25) is 0 Å². The number of ether oxygens (including phenoxy) is 2. The third-order valence-electron chi connectivity index (χ3n) is 2.95. The summed E-state index contributed by atoms with van der Waals surface area (Å²) in [5, 5.41) is 6.09. The average molecular weight is 320 g/mol. The third kappa shape index (κ3) is 9.01. The van der Waals surface area contributed by atoms with Crippen LogP contribution in [0.1, 0.15) is 32.4 Å². The fourth-order valence-electron chi connectivity index (χ4n) is 1.96. The molecule has 0 saturated carbocycles. The second kappa shape index (κ2) is 10.0. The number of amides is 1. The molecule has 5 heteroatoms. The molecule has 0 aromatic heterocycles. The minimum atomic E-state index is -0.474. The van der Waals surface area contributed by atoms with Gasteiger partial charge in [-0.15, -0.1) is 0 Å². The molecule has 1 aromatic rings. The summed E-state index contributed by atoms with van der Waals surface area (Å²) >= 11 is 0. The van der Waals surface area contributed by atoms with E-state index in [0.717, 1.165) is 0 Å². The van der Waals surface area contributed by atoms with Crippen LogP contribution in [0.25, 0.3) is 0 Å². The Kier molecular flexibility index (Phi) is 8.37. The second-order valence-corrected chi connectivity index (χ2v) is 6.18. The largest absolute Gasteiger partial charge is 0.444 e. The minimum Gasteiger partial charge on any atom is -0.444 e. The predicted octanol–water partition coefficient (Wildman–Crippen LogP) is 3.04. The van der Waals surface area contributed by atoms with Crippen LogP contribution in [-0.2, 0) is 9.47 Å². The van der Waals surface area contributed by atoms with Crippen molar-refractivity contribution < 1.29 is 14.3 Å². The Morgan fingerprint density at radius 3 is 2.43 bits per heavy atom. The van der Waals surface area contributed by atoms with Gasteiger partial charge in [0.25, 0.3) is 0 Å². The smallest absolute Gasteiger partial charge is 0.407 e. The van der Waals surface area contributed by atoms with Crippen molar-refractivity contribution >= 4 is 6.09 Å². The fraction of sp³-hybridized carbons (Fsp3) is 0.500. The van der Waals surface area contributed by atoms with Gasteiger partial charge >= 0.3 is 6.09 Å². The Morgan fingerprint density at radius 2 is 1.83 bits per heavy atom. The average Bonchev–Trinajstić information content (AvgIpc) is 2.48. The summed E-state index contributed by atoms with van der Waals surface area (Å²) in [6.07, 6.45) is 3.46. The van der Waals surface area contributed by atoms with Crippen LogP contribution in [0.4, 0.5) is 4.79 Å². The molecule has 2 N–H and O–H groups in total. The number of methoxy groups -OCH3 is 1. The molecule has 0 heterocycles. The lowest BCUT2D eigenvalue weighted by molar-refractivity contribution is 0.0534. The lowest BCUT2D eigenvalue weighted by atomic mass is 10.1. The second-order valence-electron chi connectivity index (χ2n) is 6.18. The van der Waals surface area contributed by atoms with E-state index in [2.05, 4.69) is 22.8 Å². The Labute approximate surface area is 139 Å². The van der Waals surface area contributed by atoms with Crippen LogP contribution < -0.4 is 10.6 Å². The van der Waals surface area contributed by atoms with Gasteiger partial charge in [-0.2, -0.15) is 0 Å². The molecule has 0 bridgehead atoms. The number of alkyl carbamates (subject to hydrolysis) is 1. The molecule has 0 aliphatic rings. The van der Waals surface area contributed by atoms with Crippen molar-refractivity contribution in [1.29, 1.82) is 0 Å². The van der Waals surface area contributed by atoms with E-state index < -0.39 is 11.7 Å². The summed E-state index contributed by atoms with van der Waals surface area (Å²) in [7, 11) is 1.69. The molecule has 23 heavy (non-hydrogen) atoms. The minimum absolute atomic E-state index is 0.143. The molecule has 5 nitrogen and oxygen atoms in total. The first-order valence-electron chi connectivity index (χ1n) is 7.81. The van der Waals surface area contributed by atoms with Crippen molar-refractivity contribution in [1.82, 2.24) is 10.6 Å². The van der Waals surface area contributed by atoms with E-state index in [1.54, 1.807) is 7.11 Å². The van der Waals surface area contributed by atoms with Gasteiger partial charge in [0.2, 0.25) is 0 Å². The zero-order valence-electron chi connectivity index (χ0n) is 14.5. The Morgan fingerprint density at radius 1 is 1.17 bits per heavy atom. The quantitative estimate of drug-likeness (QED) is 0.723. The van der Waals surface area contributed by atoms with Crippen LogP contribution in [0.2, 0.25) is 0 Å². The summed E-state index contributed by atoms with van der Waals surface area (Å²) in [6, 6.07) is 10.3. The lowest BCUT2D eigenvalue weighted by Gasteiger charge is -2.19. The normalized spacial score (nSPS) is 13.0. The molecule has 128 valence electrons. The van der Waals surface area contributed by atoms with E-state index in [-0.39, 0.29) is 6.04 Å². The van der Waals surface area contributed by atoms with E-state index in [0.29, 0.717) is 19.7 Å². The fourth-order valence-corrected chi connectivity index (χ4v) is 1.96. The molecule has 0 saturated heterocycles. The lowest BCUT2D eigenvalue weighted by Crippen LogP contribution is -2.32. The van der Waals surface area contributed by atoms with Crippen LogP contribution in [0.3, 0.4) is 0 Å². The third-order valence-corrected chi connectivity index (χ3v) is 2.95. The number of benzene rings is 1. The highest BCUT2D eigenvalue weighted by Gasteiger charge is 2.15. The monoisotopic (exact) mass is 320 g/mol. The zero-order chi connectivity index (χ0) is 17.1. The van der Waals surface area contributed by atoms with Crippen molar-refractivity contribution in [2.24, 2.45) is 0 Å². The van der Waals surface area contributed by atoms with E-state index in [1.165, 1.54) is 5.56 Å². The highest BCUT2D eigenvalue weighted by Crippen LogP contribution is 2.12. The first kappa shape index (κ1) is 19.2. The summed E-state index contributed by atoms with van der Waals surface area (Å²) in [4.78, 5) is 11.5. The predicted molar refractivity (Wildman–Crippen MR) is 92.4 cm³/mol. The molecule has 1 amide bonds. The number of carbonyl (C=O) groups is 1. The molecule has 0 aliphatic carbocycles. The number of carbonyl (C=O) groups excluding carboxylic acids is 1. The molecule has 1 aromatic carbocycles. The first-order valence-corrected chi connectivity index (χ1v) is 7.81. The van der Waals surface area contributed by atoms with Crippen LogP contribution >= 0.6 is 0 Å². The van der Waals surface area contributed by atoms with Gasteiger partial charge in [0.05, 0.1) is 12.6 Å². The highest BCUT2D eigenvalue weighted by molar-refractivity contribution is 5.67. The Hall–Kier alpha value is -1.85. The molecular formula is C18H28N2O3.